The van der Waals surface area contributed by atoms with Crippen molar-refractivity contribution in [3.63, 3.8) is 0 Å². The lowest BCUT2D eigenvalue weighted by molar-refractivity contribution is 0.487. The van der Waals surface area contributed by atoms with Crippen molar-refractivity contribution in [3.8, 4) is 56.4 Å². The Morgan fingerprint density at radius 1 is 0.462 bits per heavy atom. The maximum absolute atomic E-state index is 6.28. The molecule has 0 saturated heterocycles. The molecule has 1 aliphatic rings. The summed E-state index contributed by atoms with van der Waals surface area (Å²) in [7, 11) is 0. The van der Waals surface area contributed by atoms with Gasteiger partial charge in [0.2, 0.25) is 0 Å². The first kappa shape index (κ1) is 21.8. The van der Waals surface area contributed by atoms with E-state index in [0.29, 0.717) is 0 Å². The molecule has 1 aliphatic heterocycles. The summed E-state index contributed by atoms with van der Waals surface area (Å²) in [6.07, 6.45) is 0. The van der Waals surface area contributed by atoms with Gasteiger partial charge < -0.3 is 4.74 Å². The van der Waals surface area contributed by atoms with Crippen molar-refractivity contribution < 1.29 is 4.74 Å². The summed E-state index contributed by atoms with van der Waals surface area (Å²) in [6, 6.07) is 46.1. The van der Waals surface area contributed by atoms with Gasteiger partial charge in [-0.25, -0.2) is 9.97 Å². The van der Waals surface area contributed by atoms with E-state index >= 15 is 0 Å². The monoisotopic (exact) mass is 498 g/mol. The molecule has 2 heterocycles. The van der Waals surface area contributed by atoms with Crippen LogP contribution < -0.4 is 4.74 Å². The predicted molar refractivity (Wildman–Crippen MR) is 159 cm³/mol. The van der Waals surface area contributed by atoms with Crippen molar-refractivity contribution in [2.45, 2.75) is 0 Å². The van der Waals surface area contributed by atoms with Gasteiger partial charge >= 0.3 is 0 Å². The fourth-order valence-corrected chi connectivity index (χ4v) is 5.58. The zero-order valence-electron chi connectivity index (χ0n) is 21.0. The van der Waals surface area contributed by atoms with Crippen molar-refractivity contribution in [1.82, 2.24) is 9.97 Å². The molecule has 0 unspecified atom stereocenters. The van der Waals surface area contributed by atoms with Gasteiger partial charge in [-0.05, 0) is 46.3 Å². The van der Waals surface area contributed by atoms with Gasteiger partial charge in [-0.2, -0.15) is 0 Å². The fourth-order valence-electron chi connectivity index (χ4n) is 5.58. The van der Waals surface area contributed by atoms with Crippen LogP contribution in [0.4, 0.5) is 0 Å². The lowest BCUT2D eigenvalue weighted by Crippen LogP contribution is -1.97. The minimum Gasteiger partial charge on any atom is -0.456 e. The highest BCUT2D eigenvalue weighted by Gasteiger charge is 2.20. The highest BCUT2D eigenvalue weighted by atomic mass is 16.5. The Labute approximate surface area is 226 Å². The van der Waals surface area contributed by atoms with Gasteiger partial charge in [0.25, 0.3) is 0 Å². The molecule has 6 aromatic carbocycles. The van der Waals surface area contributed by atoms with Crippen LogP contribution in [0.1, 0.15) is 0 Å². The molecule has 0 bridgehead atoms. The Balaban J connectivity index is 1.20. The number of hydrogen-bond donors (Lipinski definition) is 0. The lowest BCUT2D eigenvalue weighted by Gasteiger charge is -2.22. The molecule has 0 atom stereocenters. The molecule has 3 nitrogen and oxygen atoms in total. The van der Waals surface area contributed by atoms with Gasteiger partial charge in [-0.15, -0.1) is 0 Å². The molecular weight excluding hydrogens is 476 g/mol. The summed E-state index contributed by atoms with van der Waals surface area (Å²) in [4.78, 5) is 9.92. The topological polar surface area (TPSA) is 35.0 Å². The van der Waals surface area contributed by atoms with E-state index in [1.165, 1.54) is 16.3 Å². The lowest BCUT2D eigenvalue weighted by atomic mass is 9.92. The number of benzene rings is 6. The van der Waals surface area contributed by atoms with Crippen LogP contribution in [-0.2, 0) is 0 Å². The normalized spacial score (nSPS) is 11.8. The molecule has 8 rings (SSSR count). The van der Waals surface area contributed by atoms with Crippen LogP contribution in [-0.4, -0.2) is 9.97 Å². The Morgan fingerprint density at radius 2 is 1.21 bits per heavy atom. The Hall–Kier alpha value is -5.28. The summed E-state index contributed by atoms with van der Waals surface area (Å²) in [5, 5.41) is 3.41. The van der Waals surface area contributed by atoms with Crippen LogP contribution >= 0.6 is 0 Å². The molecule has 39 heavy (non-hydrogen) atoms. The molecule has 182 valence electrons. The van der Waals surface area contributed by atoms with E-state index in [1.807, 2.05) is 42.5 Å². The van der Waals surface area contributed by atoms with E-state index in [2.05, 4.69) is 91.0 Å². The second-order valence-electron chi connectivity index (χ2n) is 9.83. The Morgan fingerprint density at radius 3 is 2.08 bits per heavy atom. The van der Waals surface area contributed by atoms with Crippen LogP contribution in [0.25, 0.3) is 66.6 Å². The maximum atomic E-state index is 6.28. The summed E-state index contributed by atoms with van der Waals surface area (Å²) in [5.74, 6) is 2.53. The second-order valence-corrected chi connectivity index (χ2v) is 9.83. The maximum Gasteiger partial charge on any atom is 0.160 e. The average Bonchev–Trinajstić information content (AvgIpc) is 3.01. The number of ether oxygens (including phenoxy) is 1. The van der Waals surface area contributed by atoms with Gasteiger partial charge in [-0.1, -0.05) is 109 Å². The Kier molecular flexibility index (Phi) is 4.82. The third kappa shape index (κ3) is 3.59. The molecule has 3 heteroatoms. The van der Waals surface area contributed by atoms with E-state index < -0.39 is 0 Å². The first-order chi connectivity index (χ1) is 19.3. The van der Waals surface area contributed by atoms with Gasteiger partial charge in [-0.3, -0.25) is 0 Å². The molecule has 1 aromatic heterocycles. The van der Waals surface area contributed by atoms with E-state index in [4.69, 9.17) is 14.7 Å². The number of para-hydroxylation sites is 1. The summed E-state index contributed by atoms with van der Waals surface area (Å²) >= 11 is 0. The highest BCUT2D eigenvalue weighted by Crippen LogP contribution is 2.47. The second kappa shape index (κ2) is 8.64. The first-order valence-electron chi connectivity index (χ1n) is 13.1. The third-order valence-electron chi connectivity index (χ3n) is 7.48. The number of fused-ring (bicyclic) bond motifs is 3. The average molecular weight is 499 g/mol. The van der Waals surface area contributed by atoms with Crippen LogP contribution in [0.3, 0.4) is 0 Å². The van der Waals surface area contributed by atoms with Crippen molar-refractivity contribution in [1.29, 1.82) is 0 Å². The SMILES string of the molecule is c1ccc(-c2nc(-c3ccc(-c4ccc5c(c4)-c4cccc6cccc(c46)O5)cc3)nc3ccccc23)cc1. The zero-order chi connectivity index (χ0) is 25.8. The molecule has 0 aliphatic carbocycles. The van der Waals surface area contributed by atoms with Crippen molar-refractivity contribution in [2.24, 2.45) is 0 Å². The number of hydrogen-bond acceptors (Lipinski definition) is 3. The number of aromatic nitrogens is 2. The fraction of sp³-hybridized carbons (Fsp3) is 0. The van der Waals surface area contributed by atoms with E-state index in [1.54, 1.807) is 0 Å². The Bertz CT molecular complexity index is 2020. The van der Waals surface area contributed by atoms with Crippen molar-refractivity contribution >= 4 is 21.7 Å². The smallest absolute Gasteiger partial charge is 0.160 e. The quantitative estimate of drug-likeness (QED) is 0.243. The van der Waals surface area contributed by atoms with Crippen molar-refractivity contribution in [3.05, 3.63) is 133 Å². The van der Waals surface area contributed by atoms with Crippen LogP contribution in [0.5, 0.6) is 11.5 Å². The van der Waals surface area contributed by atoms with E-state index in [-0.39, 0.29) is 0 Å². The molecule has 0 fully saturated rings. The standard InChI is InChI=1S/C36H22N2O/c1-2-8-25(9-3-1)35-29-12-4-5-14-31(29)37-36(38-35)26-18-16-23(17-19-26)27-20-21-32-30(22-27)28-13-6-10-24-11-7-15-33(39-32)34(24)28/h1-22H. The van der Waals surface area contributed by atoms with E-state index in [9.17, 15) is 0 Å². The number of rotatable bonds is 3. The zero-order valence-corrected chi connectivity index (χ0v) is 21.0. The summed E-state index contributed by atoms with van der Waals surface area (Å²) < 4.78 is 6.28. The molecule has 0 spiro atoms. The molecule has 0 N–H and O–H groups in total. The minimum absolute atomic E-state index is 0.723. The molecule has 0 amide bonds. The van der Waals surface area contributed by atoms with Crippen LogP contribution in [0, 0.1) is 0 Å². The van der Waals surface area contributed by atoms with Gasteiger partial charge in [0, 0.05) is 27.5 Å². The molecular formula is C36H22N2O. The largest absolute Gasteiger partial charge is 0.456 e. The van der Waals surface area contributed by atoms with Gasteiger partial charge in [0.1, 0.15) is 11.5 Å². The summed E-state index contributed by atoms with van der Waals surface area (Å²) in [5.41, 5.74) is 8.57. The first-order valence-corrected chi connectivity index (χ1v) is 13.1. The van der Waals surface area contributed by atoms with Crippen molar-refractivity contribution in [2.75, 3.05) is 0 Å². The predicted octanol–water partition coefficient (Wildman–Crippen LogP) is 9.56. The molecule has 0 saturated carbocycles. The minimum atomic E-state index is 0.723. The van der Waals surface area contributed by atoms with Crippen LogP contribution in [0.15, 0.2) is 133 Å². The summed E-state index contributed by atoms with van der Waals surface area (Å²) in [6.45, 7) is 0. The highest BCUT2D eigenvalue weighted by molar-refractivity contribution is 6.04. The van der Waals surface area contributed by atoms with Crippen LogP contribution in [0.2, 0.25) is 0 Å². The molecule has 7 aromatic rings. The van der Waals surface area contributed by atoms with Gasteiger partial charge in [0.15, 0.2) is 5.82 Å². The number of nitrogens with zero attached hydrogens (tertiary/aromatic N) is 2. The third-order valence-corrected chi connectivity index (χ3v) is 7.48. The van der Waals surface area contributed by atoms with E-state index in [0.717, 1.165) is 61.7 Å². The molecule has 0 radical (unpaired) electrons. The van der Waals surface area contributed by atoms with Gasteiger partial charge in [0.05, 0.1) is 11.2 Å².